The number of carbonyl (C=O) groups is 1. The van der Waals surface area contributed by atoms with Gasteiger partial charge in [-0.3, -0.25) is 4.79 Å². The lowest BCUT2D eigenvalue weighted by molar-refractivity contribution is -0.161. The Morgan fingerprint density at radius 3 is 2.61 bits per heavy atom. The van der Waals surface area contributed by atoms with Crippen LogP contribution in [0.4, 0.5) is 0 Å². The van der Waals surface area contributed by atoms with E-state index in [9.17, 15) is 9.90 Å². The molecule has 2 rings (SSSR count). The molecular formula is C12H21NO5. The van der Waals surface area contributed by atoms with Crippen molar-refractivity contribution in [3.05, 3.63) is 0 Å². The summed E-state index contributed by atoms with van der Waals surface area (Å²) in [6.45, 7) is 2.68. The van der Waals surface area contributed by atoms with E-state index in [1.54, 1.807) is 7.05 Å². The van der Waals surface area contributed by atoms with Gasteiger partial charge in [0, 0.05) is 39.6 Å². The van der Waals surface area contributed by atoms with Crippen LogP contribution in [0.15, 0.2) is 0 Å². The first kappa shape index (κ1) is 13.7. The third-order valence-corrected chi connectivity index (χ3v) is 3.42. The van der Waals surface area contributed by atoms with Gasteiger partial charge >= 0.3 is 0 Å². The van der Waals surface area contributed by atoms with E-state index in [-0.39, 0.29) is 5.91 Å². The van der Waals surface area contributed by atoms with Crippen molar-refractivity contribution < 1.29 is 24.1 Å². The van der Waals surface area contributed by atoms with Crippen LogP contribution in [-0.4, -0.2) is 74.2 Å². The molecule has 1 N–H and O–H groups in total. The number of aliphatic hydroxyl groups is 1. The highest BCUT2D eigenvalue weighted by Gasteiger charge is 2.34. The highest BCUT2D eigenvalue weighted by atomic mass is 16.6. The number of carbonyl (C=O) groups excluding carboxylic acids is 1. The fraction of sp³-hybridized carbons (Fsp3) is 0.917. The SMILES string of the molecule is CN(CC1(O)CCOCC1)C(=O)C1COCCO1. The Hall–Kier alpha value is -0.690. The molecule has 0 aromatic heterocycles. The van der Waals surface area contributed by atoms with E-state index < -0.39 is 11.7 Å². The zero-order chi connectivity index (χ0) is 13.0. The molecule has 2 aliphatic rings. The van der Waals surface area contributed by atoms with Crippen LogP contribution < -0.4 is 0 Å². The van der Waals surface area contributed by atoms with Gasteiger partial charge in [-0.2, -0.15) is 0 Å². The Morgan fingerprint density at radius 1 is 1.28 bits per heavy atom. The first-order chi connectivity index (χ1) is 8.61. The molecule has 18 heavy (non-hydrogen) atoms. The molecule has 1 atom stereocenters. The summed E-state index contributed by atoms with van der Waals surface area (Å²) in [6, 6.07) is 0. The number of rotatable bonds is 3. The van der Waals surface area contributed by atoms with Crippen LogP contribution in [0.1, 0.15) is 12.8 Å². The van der Waals surface area contributed by atoms with Crippen molar-refractivity contribution in [2.24, 2.45) is 0 Å². The Bertz CT molecular complexity index is 284. The average Bonchev–Trinajstić information content (AvgIpc) is 2.39. The van der Waals surface area contributed by atoms with Crippen molar-refractivity contribution in [2.45, 2.75) is 24.5 Å². The van der Waals surface area contributed by atoms with Gasteiger partial charge in [0.25, 0.3) is 5.91 Å². The molecule has 104 valence electrons. The molecule has 0 aliphatic carbocycles. The minimum Gasteiger partial charge on any atom is -0.388 e. The molecule has 0 radical (unpaired) electrons. The van der Waals surface area contributed by atoms with E-state index in [1.807, 2.05) is 0 Å². The standard InChI is InChI=1S/C12H21NO5/c1-13(9-12(15)2-4-16-5-3-12)11(14)10-8-17-6-7-18-10/h10,15H,2-9H2,1H3. The zero-order valence-electron chi connectivity index (χ0n) is 10.8. The van der Waals surface area contributed by atoms with E-state index in [0.29, 0.717) is 52.4 Å². The molecular weight excluding hydrogens is 238 g/mol. The number of ether oxygens (including phenoxy) is 3. The van der Waals surface area contributed by atoms with Gasteiger partial charge in [-0.1, -0.05) is 0 Å². The van der Waals surface area contributed by atoms with Crippen LogP contribution in [0.2, 0.25) is 0 Å². The maximum Gasteiger partial charge on any atom is 0.253 e. The van der Waals surface area contributed by atoms with Crippen LogP contribution in [0.3, 0.4) is 0 Å². The fourth-order valence-electron chi connectivity index (χ4n) is 2.31. The normalized spacial score (nSPS) is 27.8. The molecule has 0 spiro atoms. The van der Waals surface area contributed by atoms with Crippen molar-refractivity contribution in [1.29, 1.82) is 0 Å². The molecule has 0 aromatic carbocycles. The van der Waals surface area contributed by atoms with Gasteiger partial charge in [0.05, 0.1) is 25.4 Å². The van der Waals surface area contributed by atoms with Crippen LogP contribution >= 0.6 is 0 Å². The van der Waals surface area contributed by atoms with Gasteiger partial charge in [0.2, 0.25) is 0 Å². The van der Waals surface area contributed by atoms with Gasteiger partial charge < -0.3 is 24.2 Å². The molecule has 0 saturated carbocycles. The lowest BCUT2D eigenvalue weighted by Crippen LogP contribution is -2.51. The van der Waals surface area contributed by atoms with Crippen LogP contribution in [0.5, 0.6) is 0 Å². The minimum absolute atomic E-state index is 0.130. The molecule has 0 bridgehead atoms. The summed E-state index contributed by atoms with van der Waals surface area (Å²) in [5.74, 6) is -0.130. The molecule has 0 aromatic rings. The Balaban J connectivity index is 1.85. The number of nitrogens with zero attached hydrogens (tertiary/aromatic N) is 1. The summed E-state index contributed by atoms with van der Waals surface area (Å²) in [7, 11) is 1.69. The Morgan fingerprint density at radius 2 is 2.00 bits per heavy atom. The first-order valence-corrected chi connectivity index (χ1v) is 6.35. The smallest absolute Gasteiger partial charge is 0.253 e. The summed E-state index contributed by atoms with van der Waals surface area (Å²) in [5, 5.41) is 10.3. The van der Waals surface area contributed by atoms with Gasteiger partial charge in [-0.25, -0.2) is 0 Å². The maximum atomic E-state index is 12.1. The number of hydrogen-bond acceptors (Lipinski definition) is 5. The molecule has 6 nitrogen and oxygen atoms in total. The second-order valence-electron chi connectivity index (χ2n) is 4.97. The minimum atomic E-state index is -0.835. The Kier molecular flexibility index (Phi) is 4.55. The maximum absolute atomic E-state index is 12.1. The topological polar surface area (TPSA) is 68.2 Å². The van der Waals surface area contributed by atoms with E-state index in [2.05, 4.69) is 0 Å². The van der Waals surface area contributed by atoms with Crippen LogP contribution in [0, 0.1) is 0 Å². The highest BCUT2D eigenvalue weighted by molar-refractivity contribution is 5.81. The Labute approximate surface area is 107 Å². The monoisotopic (exact) mass is 259 g/mol. The lowest BCUT2D eigenvalue weighted by Gasteiger charge is -2.36. The number of likely N-dealkylation sites (N-methyl/N-ethyl adjacent to an activating group) is 1. The first-order valence-electron chi connectivity index (χ1n) is 6.35. The van der Waals surface area contributed by atoms with E-state index >= 15 is 0 Å². The molecule has 2 saturated heterocycles. The van der Waals surface area contributed by atoms with E-state index in [1.165, 1.54) is 4.90 Å². The predicted octanol–water partition coefficient (Wildman–Crippen LogP) is -0.598. The van der Waals surface area contributed by atoms with Crippen LogP contribution in [0.25, 0.3) is 0 Å². The van der Waals surface area contributed by atoms with Crippen LogP contribution in [-0.2, 0) is 19.0 Å². The third-order valence-electron chi connectivity index (χ3n) is 3.42. The fourth-order valence-corrected chi connectivity index (χ4v) is 2.31. The second-order valence-corrected chi connectivity index (χ2v) is 4.97. The van der Waals surface area contributed by atoms with Gasteiger partial charge in [0.1, 0.15) is 0 Å². The molecule has 1 unspecified atom stereocenters. The highest BCUT2D eigenvalue weighted by Crippen LogP contribution is 2.21. The quantitative estimate of drug-likeness (QED) is 0.733. The molecule has 2 fully saturated rings. The number of hydrogen-bond donors (Lipinski definition) is 1. The third kappa shape index (κ3) is 3.41. The van der Waals surface area contributed by atoms with E-state index in [0.717, 1.165) is 0 Å². The van der Waals surface area contributed by atoms with Crippen molar-refractivity contribution >= 4 is 5.91 Å². The van der Waals surface area contributed by atoms with Crippen molar-refractivity contribution in [1.82, 2.24) is 4.90 Å². The second kappa shape index (κ2) is 5.97. The summed E-state index contributed by atoms with van der Waals surface area (Å²) < 4.78 is 15.8. The zero-order valence-corrected chi connectivity index (χ0v) is 10.8. The lowest BCUT2D eigenvalue weighted by atomic mass is 9.94. The summed E-state index contributed by atoms with van der Waals surface area (Å²) in [4.78, 5) is 13.6. The largest absolute Gasteiger partial charge is 0.388 e. The van der Waals surface area contributed by atoms with Gasteiger partial charge in [0.15, 0.2) is 6.10 Å². The van der Waals surface area contributed by atoms with Gasteiger partial charge in [-0.15, -0.1) is 0 Å². The average molecular weight is 259 g/mol. The summed E-state index contributed by atoms with van der Waals surface area (Å²) in [5.41, 5.74) is -0.835. The molecule has 2 aliphatic heterocycles. The number of amides is 1. The van der Waals surface area contributed by atoms with Crippen molar-refractivity contribution in [3.63, 3.8) is 0 Å². The summed E-state index contributed by atoms with van der Waals surface area (Å²) >= 11 is 0. The predicted molar refractivity (Wildman–Crippen MR) is 63.2 cm³/mol. The van der Waals surface area contributed by atoms with Crippen molar-refractivity contribution in [3.8, 4) is 0 Å². The molecule has 6 heteroatoms. The van der Waals surface area contributed by atoms with Gasteiger partial charge in [-0.05, 0) is 0 Å². The van der Waals surface area contributed by atoms with E-state index in [4.69, 9.17) is 14.2 Å². The molecule has 1 amide bonds. The summed E-state index contributed by atoms with van der Waals surface area (Å²) in [6.07, 6.45) is 0.589. The van der Waals surface area contributed by atoms with Crippen molar-refractivity contribution in [2.75, 3.05) is 46.6 Å². The molecule has 2 heterocycles.